The molecule has 2 aromatic rings. The number of aromatic nitrogens is 2. The molecule has 1 aliphatic carbocycles. The van der Waals surface area contributed by atoms with Crippen LogP contribution in [-0.4, -0.2) is 65.3 Å². The summed E-state index contributed by atoms with van der Waals surface area (Å²) in [5.74, 6) is 1.05. The van der Waals surface area contributed by atoms with Gasteiger partial charge in [0.1, 0.15) is 17.7 Å². The lowest BCUT2D eigenvalue weighted by Crippen LogP contribution is -2.52. The first-order valence-electron chi connectivity index (χ1n) is 12.5. The molecule has 2 atom stereocenters. The number of likely N-dealkylation sites (tertiary alicyclic amines) is 1. The summed E-state index contributed by atoms with van der Waals surface area (Å²) in [6.07, 6.45) is 3.99. The topological polar surface area (TPSA) is 67.4 Å². The van der Waals surface area contributed by atoms with Gasteiger partial charge in [-0.05, 0) is 56.7 Å². The zero-order valence-corrected chi connectivity index (χ0v) is 21.4. The second kappa shape index (κ2) is 10.7. The number of nitrogens with zero attached hydrogens (tertiary/aromatic N) is 3. The number of alkyl halides is 1. The molecule has 35 heavy (non-hydrogen) atoms. The molecule has 2 saturated heterocycles. The quantitative estimate of drug-likeness (QED) is 0.587. The Morgan fingerprint density at radius 2 is 1.91 bits per heavy atom. The van der Waals surface area contributed by atoms with Crippen LogP contribution in [-0.2, 0) is 11.2 Å². The van der Waals surface area contributed by atoms with Gasteiger partial charge in [-0.2, -0.15) is 0 Å². The predicted molar refractivity (Wildman–Crippen MR) is 134 cm³/mol. The Hall–Kier alpha value is -1.80. The zero-order valence-electron chi connectivity index (χ0n) is 19.9. The van der Waals surface area contributed by atoms with Crippen LogP contribution in [0.4, 0.5) is 4.39 Å². The van der Waals surface area contributed by atoms with Gasteiger partial charge in [-0.3, -0.25) is 4.79 Å². The first kappa shape index (κ1) is 24.9. The molecule has 0 spiro atoms. The summed E-state index contributed by atoms with van der Waals surface area (Å²) in [7, 11) is 0. The van der Waals surface area contributed by atoms with Crippen LogP contribution in [0, 0.1) is 6.92 Å². The van der Waals surface area contributed by atoms with Crippen LogP contribution in [0.2, 0.25) is 10.0 Å². The first-order valence-corrected chi connectivity index (χ1v) is 13.2. The molecule has 0 bridgehead atoms. The summed E-state index contributed by atoms with van der Waals surface area (Å²) < 4.78 is 19.3. The van der Waals surface area contributed by atoms with Gasteiger partial charge in [0.15, 0.2) is 0 Å². The van der Waals surface area contributed by atoms with Gasteiger partial charge in [-0.25, -0.2) is 14.4 Å². The van der Waals surface area contributed by atoms with Crippen LogP contribution < -0.4 is 5.32 Å². The third-order valence-electron chi connectivity index (χ3n) is 7.28. The van der Waals surface area contributed by atoms with Gasteiger partial charge in [0, 0.05) is 49.7 Å². The molecule has 9 heteroatoms. The fourth-order valence-corrected chi connectivity index (χ4v) is 5.24. The molecule has 5 rings (SSSR count). The molecular formula is C26H31Cl2FN4O2. The van der Waals surface area contributed by atoms with E-state index in [1.807, 2.05) is 24.0 Å². The number of amides is 1. The Labute approximate surface area is 215 Å². The van der Waals surface area contributed by atoms with E-state index in [1.54, 1.807) is 6.07 Å². The number of halogens is 3. The van der Waals surface area contributed by atoms with E-state index in [9.17, 15) is 9.18 Å². The molecule has 3 fully saturated rings. The molecule has 1 aromatic heterocycles. The minimum Gasteiger partial charge on any atom is -0.378 e. The number of benzene rings is 1. The maximum Gasteiger partial charge on any atom is 0.272 e. The number of ether oxygens (including phenoxy) is 1. The molecule has 1 aromatic carbocycles. The Morgan fingerprint density at radius 1 is 1.14 bits per heavy atom. The molecular weight excluding hydrogens is 490 g/mol. The molecule has 2 aliphatic heterocycles. The largest absolute Gasteiger partial charge is 0.378 e. The van der Waals surface area contributed by atoms with Gasteiger partial charge in [0.2, 0.25) is 0 Å². The molecule has 3 aliphatic rings. The van der Waals surface area contributed by atoms with Crippen LogP contribution in [0.3, 0.4) is 0 Å². The highest BCUT2D eigenvalue weighted by molar-refractivity contribution is 6.42. The molecule has 1 saturated carbocycles. The van der Waals surface area contributed by atoms with Crippen molar-refractivity contribution in [3.05, 3.63) is 56.6 Å². The molecule has 0 unspecified atom stereocenters. The second-order valence-electron chi connectivity index (χ2n) is 9.92. The Kier molecular flexibility index (Phi) is 7.58. The SMILES string of the molecule is Cc1c(Cc2ccc(Cl)c(Cl)c2)nc(C2CC2)nc1C(=O)N1CCC(N[C@H]2CCOC[C@H]2F)CC1. The lowest BCUT2D eigenvalue weighted by Gasteiger charge is -2.36. The number of rotatable bonds is 6. The number of carbonyl (C=O) groups is 1. The first-order chi connectivity index (χ1) is 16.9. The maximum atomic E-state index is 14.1. The number of hydrogen-bond donors (Lipinski definition) is 1. The van der Waals surface area contributed by atoms with E-state index in [-0.39, 0.29) is 24.6 Å². The van der Waals surface area contributed by atoms with E-state index in [4.69, 9.17) is 37.9 Å². The van der Waals surface area contributed by atoms with E-state index < -0.39 is 6.17 Å². The highest BCUT2D eigenvalue weighted by Crippen LogP contribution is 2.39. The van der Waals surface area contributed by atoms with Crippen molar-refractivity contribution in [1.29, 1.82) is 0 Å². The molecule has 1 N–H and O–H groups in total. The lowest BCUT2D eigenvalue weighted by molar-refractivity contribution is 0.00840. The Balaban J connectivity index is 1.30. The maximum absolute atomic E-state index is 14.1. The average Bonchev–Trinajstić information content (AvgIpc) is 3.70. The van der Waals surface area contributed by atoms with Gasteiger partial charge < -0.3 is 15.0 Å². The third-order valence-corrected chi connectivity index (χ3v) is 8.02. The van der Waals surface area contributed by atoms with E-state index in [2.05, 4.69) is 5.32 Å². The van der Waals surface area contributed by atoms with E-state index in [0.29, 0.717) is 54.2 Å². The summed E-state index contributed by atoms with van der Waals surface area (Å²) in [6.45, 7) is 3.94. The highest BCUT2D eigenvalue weighted by Gasteiger charge is 2.33. The van der Waals surface area contributed by atoms with Crippen molar-refractivity contribution in [2.45, 2.75) is 69.6 Å². The monoisotopic (exact) mass is 520 g/mol. The van der Waals surface area contributed by atoms with Crippen LogP contribution in [0.15, 0.2) is 18.2 Å². The van der Waals surface area contributed by atoms with E-state index in [1.165, 1.54) is 0 Å². The zero-order chi connectivity index (χ0) is 24.5. The van der Waals surface area contributed by atoms with Crippen molar-refractivity contribution < 1.29 is 13.9 Å². The average molecular weight is 521 g/mol. The fourth-order valence-electron chi connectivity index (χ4n) is 4.92. The number of carbonyl (C=O) groups excluding carboxylic acids is 1. The molecule has 188 valence electrons. The number of hydrogen-bond acceptors (Lipinski definition) is 5. The summed E-state index contributed by atoms with van der Waals surface area (Å²) in [6, 6.07) is 5.62. The van der Waals surface area contributed by atoms with Crippen LogP contribution in [0.25, 0.3) is 0 Å². The van der Waals surface area contributed by atoms with Gasteiger partial charge in [-0.15, -0.1) is 0 Å². The molecule has 3 heterocycles. The van der Waals surface area contributed by atoms with Gasteiger partial charge in [-0.1, -0.05) is 29.3 Å². The number of nitrogens with one attached hydrogen (secondary N) is 1. The van der Waals surface area contributed by atoms with Crippen molar-refractivity contribution in [1.82, 2.24) is 20.2 Å². The summed E-state index contributed by atoms with van der Waals surface area (Å²) >= 11 is 12.3. The summed E-state index contributed by atoms with van der Waals surface area (Å²) in [5.41, 5.74) is 3.16. The van der Waals surface area contributed by atoms with Crippen LogP contribution >= 0.6 is 23.2 Å². The Morgan fingerprint density at radius 3 is 2.60 bits per heavy atom. The highest BCUT2D eigenvalue weighted by atomic mass is 35.5. The second-order valence-corrected chi connectivity index (χ2v) is 10.7. The van der Waals surface area contributed by atoms with Gasteiger partial charge >= 0.3 is 0 Å². The molecule has 6 nitrogen and oxygen atoms in total. The molecule has 1 amide bonds. The lowest BCUT2D eigenvalue weighted by atomic mass is 9.99. The summed E-state index contributed by atoms with van der Waals surface area (Å²) in [4.78, 5) is 25.0. The molecule has 0 radical (unpaired) electrons. The minimum absolute atomic E-state index is 0.0462. The van der Waals surface area contributed by atoms with Crippen molar-refractivity contribution in [3.8, 4) is 0 Å². The van der Waals surface area contributed by atoms with E-state index in [0.717, 1.165) is 48.3 Å². The third kappa shape index (κ3) is 5.79. The van der Waals surface area contributed by atoms with Crippen molar-refractivity contribution in [2.75, 3.05) is 26.3 Å². The van der Waals surface area contributed by atoms with Crippen LogP contribution in [0.5, 0.6) is 0 Å². The standard InChI is InChI=1S/C26H31Cl2FN4O2/c1-15-23(13-16-2-5-19(27)20(28)12-16)31-25(17-3-4-17)32-24(15)26(34)33-9-6-18(7-10-33)30-22-8-11-35-14-21(22)29/h2,5,12,17-18,21-22,30H,3-4,6-11,13-14H2,1H3/t21-,22+/m1/s1. The van der Waals surface area contributed by atoms with Gasteiger partial charge in [0.05, 0.1) is 22.3 Å². The van der Waals surface area contributed by atoms with Crippen molar-refractivity contribution >= 4 is 29.1 Å². The predicted octanol–water partition coefficient (Wildman–Crippen LogP) is 4.88. The Bertz CT molecular complexity index is 1090. The smallest absolute Gasteiger partial charge is 0.272 e. The van der Waals surface area contributed by atoms with Crippen molar-refractivity contribution in [3.63, 3.8) is 0 Å². The number of piperidine rings is 1. The van der Waals surface area contributed by atoms with Crippen molar-refractivity contribution in [2.24, 2.45) is 0 Å². The van der Waals surface area contributed by atoms with Crippen LogP contribution in [0.1, 0.15) is 71.2 Å². The fraction of sp³-hybridized carbons (Fsp3) is 0.577. The normalized spacial score (nSPS) is 23.5. The summed E-state index contributed by atoms with van der Waals surface area (Å²) in [5, 5.41) is 4.48. The minimum atomic E-state index is -0.970. The van der Waals surface area contributed by atoms with E-state index >= 15 is 0 Å². The van der Waals surface area contributed by atoms with Gasteiger partial charge in [0.25, 0.3) is 5.91 Å².